The van der Waals surface area contributed by atoms with Crippen molar-refractivity contribution in [3.8, 4) is 11.5 Å². The first-order chi connectivity index (χ1) is 8.04. The van der Waals surface area contributed by atoms with Crippen LogP contribution in [0.15, 0.2) is 18.2 Å². The van der Waals surface area contributed by atoms with Crippen LogP contribution < -0.4 is 15.0 Å². The van der Waals surface area contributed by atoms with Crippen molar-refractivity contribution in [1.82, 2.24) is 5.32 Å². The molecule has 1 fully saturated rings. The first-order valence-electron chi connectivity index (χ1n) is 5.06. The molecule has 1 saturated heterocycles. The van der Waals surface area contributed by atoms with Crippen LogP contribution in [0.5, 0.6) is 11.5 Å². The number of benzene rings is 1. The van der Waals surface area contributed by atoms with Crippen LogP contribution in [0, 0.1) is 0 Å². The van der Waals surface area contributed by atoms with Crippen molar-refractivity contribution < 1.29 is 14.6 Å². The smallest absolute Gasteiger partial charge is 0.255 e. The molecular formula is C11H12N2O3S. The normalized spacial score (nSPS) is 19.4. The van der Waals surface area contributed by atoms with Crippen LogP contribution in [0.3, 0.4) is 0 Å². The van der Waals surface area contributed by atoms with Crippen LogP contribution in [-0.2, 0) is 4.79 Å². The first-order valence-corrected chi connectivity index (χ1v) is 5.47. The van der Waals surface area contributed by atoms with Gasteiger partial charge in [0.25, 0.3) is 5.91 Å². The molecule has 90 valence electrons. The predicted octanol–water partition coefficient (Wildman–Crippen LogP) is 1.01. The van der Waals surface area contributed by atoms with Gasteiger partial charge >= 0.3 is 0 Å². The average molecular weight is 252 g/mol. The Morgan fingerprint density at radius 1 is 1.53 bits per heavy atom. The Balaban J connectivity index is 2.38. The Bertz CT molecular complexity index is 490. The second kappa shape index (κ2) is 4.21. The molecule has 1 amide bonds. The lowest BCUT2D eigenvalue weighted by Crippen LogP contribution is -2.30. The topological polar surface area (TPSA) is 61.8 Å². The van der Waals surface area contributed by atoms with Gasteiger partial charge in [-0.05, 0) is 31.3 Å². The highest BCUT2D eigenvalue weighted by atomic mass is 32.1. The highest BCUT2D eigenvalue weighted by molar-refractivity contribution is 7.80. The van der Waals surface area contributed by atoms with Crippen molar-refractivity contribution in [2.24, 2.45) is 0 Å². The van der Waals surface area contributed by atoms with Crippen molar-refractivity contribution in [3.05, 3.63) is 18.2 Å². The summed E-state index contributed by atoms with van der Waals surface area (Å²) in [5.41, 5.74) is 0.523. The van der Waals surface area contributed by atoms with Gasteiger partial charge in [-0.3, -0.25) is 9.69 Å². The summed E-state index contributed by atoms with van der Waals surface area (Å²) in [4.78, 5) is 13.2. The SMILES string of the molecule is COc1ccc(N2C(=O)[C@H](C)NC2=S)cc1O. The molecule has 0 saturated carbocycles. The number of phenolic OH excluding ortho intramolecular Hbond substituents is 1. The van der Waals surface area contributed by atoms with Gasteiger partial charge in [0.1, 0.15) is 6.04 Å². The van der Waals surface area contributed by atoms with E-state index < -0.39 is 0 Å². The molecule has 1 aliphatic rings. The summed E-state index contributed by atoms with van der Waals surface area (Å²) in [6, 6.07) is 4.36. The number of ether oxygens (including phenoxy) is 1. The fourth-order valence-corrected chi connectivity index (χ4v) is 2.04. The molecule has 17 heavy (non-hydrogen) atoms. The van der Waals surface area contributed by atoms with Crippen LogP contribution in [0.1, 0.15) is 6.92 Å². The third-order valence-corrected chi connectivity index (χ3v) is 2.85. The fourth-order valence-electron chi connectivity index (χ4n) is 1.67. The molecule has 5 nitrogen and oxygen atoms in total. The van der Waals surface area contributed by atoms with Gasteiger partial charge in [0, 0.05) is 6.07 Å². The van der Waals surface area contributed by atoms with Gasteiger partial charge in [0.05, 0.1) is 12.8 Å². The number of nitrogens with one attached hydrogen (secondary N) is 1. The molecule has 0 aliphatic carbocycles. The summed E-state index contributed by atoms with van der Waals surface area (Å²) in [5, 5.41) is 12.9. The summed E-state index contributed by atoms with van der Waals surface area (Å²) in [5.74, 6) is 0.187. The molecule has 0 spiro atoms. The number of thiocarbonyl (C=S) groups is 1. The zero-order chi connectivity index (χ0) is 12.6. The number of aromatic hydroxyl groups is 1. The quantitative estimate of drug-likeness (QED) is 0.769. The fraction of sp³-hybridized carbons (Fsp3) is 0.273. The van der Waals surface area contributed by atoms with Gasteiger partial charge in [-0.25, -0.2) is 0 Å². The maximum absolute atomic E-state index is 11.8. The number of hydrogen-bond donors (Lipinski definition) is 2. The lowest BCUT2D eigenvalue weighted by Gasteiger charge is -2.15. The maximum Gasteiger partial charge on any atom is 0.255 e. The number of hydrogen-bond acceptors (Lipinski definition) is 4. The minimum absolute atomic E-state index is 0.0276. The summed E-state index contributed by atoms with van der Waals surface area (Å²) in [6.07, 6.45) is 0. The van der Waals surface area contributed by atoms with Crippen LogP contribution in [0.25, 0.3) is 0 Å². The van der Waals surface area contributed by atoms with Gasteiger partial charge in [0.2, 0.25) is 0 Å². The van der Waals surface area contributed by atoms with Crippen LogP contribution in [0.2, 0.25) is 0 Å². The van der Waals surface area contributed by atoms with E-state index in [1.165, 1.54) is 18.1 Å². The molecule has 0 aromatic heterocycles. The second-order valence-electron chi connectivity index (χ2n) is 3.70. The van der Waals surface area contributed by atoms with Gasteiger partial charge in [-0.15, -0.1) is 0 Å². The van der Waals surface area contributed by atoms with Gasteiger partial charge in [0.15, 0.2) is 16.6 Å². The number of carbonyl (C=O) groups excluding carboxylic acids is 1. The van der Waals surface area contributed by atoms with Crippen molar-refractivity contribution >= 4 is 28.9 Å². The molecule has 1 atom stereocenters. The van der Waals surface area contributed by atoms with E-state index in [0.717, 1.165) is 0 Å². The largest absolute Gasteiger partial charge is 0.504 e. The van der Waals surface area contributed by atoms with E-state index in [1.807, 2.05) is 0 Å². The summed E-state index contributed by atoms with van der Waals surface area (Å²) in [6.45, 7) is 1.73. The minimum atomic E-state index is -0.341. The summed E-state index contributed by atoms with van der Waals surface area (Å²) < 4.78 is 4.94. The standard InChI is InChI=1S/C11H12N2O3S/c1-6-10(15)13(11(17)12-6)7-3-4-9(16-2)8(14)5-7/h3-6,14H,1-2H3,(H,12,17)/t6-/m0/s1. The number of phenols is 1. The Morgan fingerprint density at radius 3 is 2.71 bits per heavy atom. The molecule has 1 aromatic carbocycles. The van der Waals surface area contributed by atoms with E-state index in [4.69, 9.17) is 17.0 Å². The van der Waals surface area contributed by atoms with Gasteiger partial charge in [-0.1, -0.05) is 0 Å². The molecule has 0 unspecified atom stereocenters. The van der Waals surface area contributed by atoms with Crippen LogP contribution in [-0.4, -0.2) is 29.3 Å². The Hall–Kier alpha value is -1.82. The van der Waals surface area contributed by atoms with Crippen LogP contribution >= 0.6 is 12.2 Å². The second-order valence-corrected chi connectivity index (χ2v) is 4.09. The number of carbonyl (C=O) groups is 1. The van der Waals surface area contributed by atoms with E-state index in [1.54, 1.807) is 19.1 Å². The van der Waals surface area contributed by atoms with Crippen molar-refractivity contribution in [3.63, 3.8) is 0 Å². The highest BCUT2D eigenvalue weighted by Gasteiger charge is 2.33. The van der Waals surface area contributed by atoms with Crippen molar-refractivity contribution in [2.45, 2.75) is 13.0 Å². The molecule has 0 bridgehead atoms. The number of anilines is 1. The molecule has 0 radical (unpaired) electrons. The van der Waals surface area contributed by atoms with Crippen LogP contribution in [0.4, 0.5) is 5.69 Å². The Morgan fingerprint density at radius 2 is 2.24 bits per heavy atom. The third kappa shape index (κ3) is 1.91. The lowest BCUT2D eigenvalue weighted by atomic mass is 10.2. The minimum Gasteiger partial charge on any atom is -0.504 e. The molecule has 2 N–H and O–H groups in total. The molecular weight excluding hydrogens is 240 g/mol. The monoisotopic (exact) mass is 252 g/mol. The number of amides is 1. The third-order valence-electron chi connectivity index (χ3n) is 2.55. The van der Waals surface area contributed by atoms with Crippen molar-refractivity contribution in [1.29, 1.82) is 0 Å². The molecule has 1 heterocycles. The summed E-state index contributed by atoms with van der Waals surface area (Å²) >= 11 is 5.06. The first kappa shape index (κ1) is 11.7. The van der Waals surface area contributed by atoms with E-state index in [2.05, 4.69) is 5.32 Å². The molecule has 1 aliphatic heterocycles. The molecule has 1 aromatic rings. The zero-order valence-corrected chi connectivity index (χ0v) is 10.2. The highest BCUT2D eigenvalue weighted by Crippen LogP contribution is 2.31. The van der Waals surface area contributed by atoms with E-state index in [0.29, 0.717) is 16.5 Å². The predicted molar refractivity (Wildman–Crippen MR) is 67.3 cm³/mol. The average Bonchev–Trinajstić information content (AvgIpc) is 2.53. The van der Waals surface area contributed by atoms with E-state index in [9.17, 15) is 9.90 Å². The van der Waals surface area contributed by atoms with Gasteiger partial charge in [-0.2, -0.15) is 0 Å². The zero-order valence-electron chi connectivity index (χ0n) is 9.43. The van der Waals surface area contributed by atoms with Crippen molar-refractivity contribution in [2.75, 3.05) is 12.0 Å². The van der Waals surface area contributed by atoms with Gasteiger partial charge < -0.3 is 15.2 Å². The molecule has 2 rings (SSSR count). The molecule has 6 heteroatoms. The Kier molecular flexibility index (Phi) is 2.89. The maximum atomic E-state index is 11.8. The summed E-state index contributed by atoms with van der Waals surface area (Å²) in [7, 11) is 1.46. The lowest BCUT2D eigenvalue weighted by molar-refractivity contribution is -0.117. The number of rotatable bonds is 2. The number of nitrogens with zero attached hydrogens (tertiary/aromatic N) is 1. The van der Waals surface area contributed by atoms with E-state index in [-0.39, 0.29) is 17.7 Å². The Labute approximate surface area is 104 Å². The number of methoxy groups -OCH3 is 1. The van der Waals surface area contributed by atoms with E-state index >= 15 is 0 Å².